The molecule has 2 rings (SSSR count). The molecule has 0 aliphatic heterocycles. The number of carbonyl (C=O) groups is 1. The minimum absolute atomic E-state index is 0.0477. The van der Waals surface area contributed by atoms with Crippen molar-refractivity contribution < 1.29 is 13.7 Å². The zero-order valence-electron chi connectivity index (χ0n) is 12.7. The van der Waals surface area contributed by atoms with Crippen molar-refractivity contribution in [2.24, 2.45) is 0 Å². The molecule has 1 aromatic heterocycles. The van der Waals surface area contributed by atoms with Crippen molar-refractivity contribution in [1.29, 1.82) is 0 Å². The molecule has 120 valence electrons. The summed E-state index contributed by atoms with van der Waals surface area (Å²) in [7, 11) is 0. The lowest BCUT2D eigenvalue weighted by Crippen LogP contribution is -2.31. The van der Waals surface area contributed by atoms with Gasteiger partial charge in [-0.2, -0.15) is 0 Å². The second-order valence-corrected chi connectivity index (χ2v) is 5.25. The Kier molecular flexibility index (Phi) is 5.34. The maximum Gasteiger partial charge on any atom is 0.260 e. The minimum Gasteiger partial charge on any atom is -0.360 e. The van der Waals surface area contributed by atoms with E-state index in [1.165, 1.54) is 23.1 Å². The summed E-state index contributed by atoms with van der Waals surface area (Å²) in [5.41, 5.74) is 0.320. The van der Waals surface area contributed by atoms with E-state index in [1.807, 2.05) is 0 Å². The van der Waals surface area contributed by atoms with Crippen LogP contribution in [0.4, 0.5) is 4.39 Å². The van der Waals surface area contributed by atoms with Crippen molar-refractivity contribution in [3.63, 3.8) is 0 Å². The van der Waals surface area contributed by atoms with Gasteiger partial charge in [-0.3, -0.25) is 4.79 Å². The van der Waals surface area contributed by atoms with Crippen molar-refractivity contribution in [3.8, 4) is 11.3 Å². The lowest BCUT2D eigenvalue weighted by atomic mass is 10.0. The summed E-state index contributed by atoms with van der Waals surface area (Å²) in [5.74, 6) is -0.626. The van der Waals surface area contributed by atoms with Crippen molar-refractivity contribution in [1.82, 2.24) is 10.1 Å². The number of rotatable bonds is 6. The summed E-state index contributed by atoms with van der Waals surface area (Å²) < 4.78 is 19.3. The number of halogens is 2. The largest absolute Gasteiger partial charge is 0.360 e. The first-order chi connectivity index (χ1) is 11.0. The number of hydrogen-bond donors (Lipinski definition) is 0. The summed E-state index contributed by atoms with van der Waals surface area (Å²) in [5, 5.41) is 3.99. The van der Waals surface area contributed by atoms with Crippen LogP contribution in [0.1, 0.15) is 16.1 Å². The highest BCUT2D eigenvalue weighted by Crippen LogP contribution is 2.33. The van der Waals surface area contributed by atoms with Gasteiger partial charge in [-0.15, -0.1) is 13.2 Å². The van der Waals surface area contributed by atoms with E-state index in [0.717, 1.165) is 0 Å². The van der Waals surface area contributed by atoms with E-state index >= 15 is 0 Å². The second kappa shape index (κ2) is 7.24. The van der Waals surface area contributed by atoms with Gasteiger partial charge in [0.25, 0.3) is 5.91 Å². The molecular weight excluding hydrogens is 319 g/mol. The Morgan fingerprint density at radius 3 is 2.61 bits per heavy atom. The summed E-state index contributed by atoms with van der Waals surface area (Å²) >= 11 is 6.07. The molecule has 2 aromatic rings. The highest BCUT2D eigenvalue weighted by atomic mass is 35.5. The van der Waals surface area contributed by atoms with Gasteiger partial charge in [-0.1, -0.05) is 35.0 Å². The van der Waals surface area contributed by atoms with Crippen LogP contribution in [0, 0.1) is 12.7 Å². The number of nitrogens with zero attached hydrogens (tertiary/aromatic N) is 2. The molecule has 0 spiro atoms. The number of aryl methyl sites for hydroxylation is 1. The average molecular weight is 335 g/mol. The van der Waals surface area contributed by atoms with Crippen molar-refractivity contribution in [2.45, 2.75) is 6.92 Å². The Morgan fingerprint density at radius 2 is 2.04 bits per heavy atom. The standard InChI is InChI=1S/C17H16ClFN2O2/c1-4-9-21(10-5-2)17(22)14-11(3)23-20-16(14)15-12(18)7-6-8-13(15)19/h4-8H,1-2,9-10H2,3H3. The molecule has 0 aliphatic rings. The zero-order chi connectivity index (χ0) is 17.0. The Hall–Kier alpha value is -2.40. The quantitative estimate of drug-likeness (QED) is 0.742. The predicted octanol–water partition coefficient (Wildman–Crippen LogP) is 4.26. The number of benzene rings is 1. The first kappa shape index (κ1) is 17.0. The molecule has 4 nitrogen and oxygen atoms in total. The Balaban J connectivity index is 2.56. The molecule has 0 radical (unpaired) electrons. The molecule has 0 saturated carbocycles. The highest BCUT2D eigenvalue weighted by molar-refractivity contribution is 6.33. The summed E-state index contributed by atoms with van der Waals surface area (Å²) in [6, 6.07) is 4.27. The molecule has 0 fully saturated rings. The van der Waals surface area contributed by atoms with Crippen LogP contribution < -0.4 is 0 Å². The van der Waals surface area contributed by atoms with E-state index < -0.39 is 5.82 Å². The first-order valence-electron chi connectivity index (χ1n) is 6.93. The Labute approximate surface area is 138 Å². The molecule has 1 heterocycles. The van der Waals surface area contributed by atoms with Gasteiger partial charge in [0.05, 0.1) is 10.6 Å². The number of amides is 1. The normalized spacial score (nSPS) is 10.4. The van der Waals surface area contributed by atoms with Gasteiger partial charge >= 0.3 is 0 Å². The van der Waals surface area contributed by atoms with Gasteiger partial charge in [0.15, 0.2) is 0 Å². The second-order valence-electron chi connectivity index (χ2n) is 4.85. The molecule has 0 atom stereocenters. The van der Waals surface area contributed by atoms with E-state index in [9.17, 15) is 9.18 Å². The van der Waals surface area contributed by atoms with Crippen molar-refractivity contribution in [3.05, 3.63) is 65.7 Å². The van der Waals surface area contributed by atoms with Crippen LogP contribution in [0.3, 0.4) is 0 Å². The molecule has 1 amide bonds. The number of hydrogen-bond acceptors (Lipinski definition) is 3. The summed E-state index contributed by atoms with van der Waals surface area (Å²) in [4.78, 5) is 14.3. The lowest BCUT2D eigenvalue weighted by Gasteiger charge is -2.19. The molecule has 1 aromatic carbocycles. The van der Waals surface area contributed by atoms with Crippen molar-refractivity contribution >= 4 is 17.5 Å². The maximum atomic E-state index is 14.2. The third-order valence-corrected chi connectivity index (χ3v) is 3.58. The van der Waals surface area contributed by atoms with Crippen molar-refractivity contribution in [2.75, 3.05) is 13.1 Å². The van der Waals surface area contributed by atoms with Gasteiger partial charge in [-0.05, 0) is 19.1 Å². The lowest BCUT2D eigenvalue weighted by molar-refractivity contribution is 0.0789. The fraction of sp³-hybridized carbons (Fsp3) is 0.176. The van der Waals surface area contributed by atoms with Crippen LogP contribution in [0.25, 0.3) is 11.3 Å². The number of aromatic nitrogens is 1. The molecule has 6 heteroatoms. The molecule has 0 unspecified atom stereocenters. The van der Waals surface area contributed by atoms with Gasteiger partial charge in [-0.25, -0.2) is 4.39 Å². The van der Waals surface area contributed by atoms with Crippen LogP contribution in [0.15, 0.2) is 48.0 Å². The smallest absolute Gasteiger partial charge is 0.260 e. The fourth-order valence-electron chi connectivity index (χ4n) is 2.23. The summed E-state index contributed by atoms with van der Waals surface area (Å²) in [6.07, 6.45) is 3.19. The van der Waals surface area contributed by atoms with Gasteiger partial charge < -0.3 is 9.42 Å². The van der Waals surface area contributed by atoms with E-state index in [2.05, 4.69) is 18.3 Å². The third-order valence-electron chi connectivity index (χ3n) is 3.26. The van der Waals surface area contributed by atoms with Gasteiger partial charge in [0.2, 0.25) is 0 Å². The minimum atomic E-state index is -0.571. The van der Waals surface area contributed by atoms with Crippen LogP contribution in [-0.2, 0) is 0 Å². The van der Waals surface area contributed by atoms with Gasteiger partial charge in [0, 0.05) is 13.1 Å². The number of carbonyl (C=O) groups excluding carboxylic acids is 1. The van der Waals surface area contributed by atoms with Crippen LogP contribution in [0.5, 0.6) is 0 Å². The molecule has 0 N–H and O–H groups in total. The Bertz CT molecular complexity index is 725. The Morgan fingerprint density at radius 1 is 1.39 bits per heavy atom. The zero-order valence-corrected chi connectivity index (χ0v) is 13.4. The average Bonchev–Trinajstić information content (AvgIpc) is 2.88. The topological polar surface area (TPSA) is 46.3 Å². The fourth-order valence-corrected chi connectivity index (χ4v) is 2.48. The molecular formula is C17H16ClFN2O2. The molecule has 0 saturated heterocycles. The first-order valence-corrected chi connectivity index (χ1v) is 7.30. The molecule has 0 aliphatic carbocycles. The summed E-state index contributed by atoms with van der Waals surface area (Å²) in [6.45, 7) is 9.49. The van der Waals surface area contributed by atoms with Crippen LogP contribution in [0.2, 0.25) is 5.02 Å². The van der Waals surface area contributed by atoms with E-state index in [-0.39, 0.29) is 27.8 Å². The maximum absolute atomic E-state index is 14.2. The van der Waals surface area contributed by atoms with E-state index in [1.54, 1.807) is 19.1 Å². The van der Waals surface area contributed by atoms with E-state index in [4.69, 9.17) is 16.1 Å². The monoisotopic (exact) mass is 334 g/mol. The van der Waals surface area contributed by atoms with Crippen LogP contribution in [-0.4, -0.2) is 29.1 Å². The van der Waals surface area contributed by atoms with Crippen LogP contribution >= 0.6 is 11.6 Å². The SMILES string of the molecule is C=CCN(CC=C)C(=O)c1c(-c2c(F)cccc2Cl)noc1C. The van der Waals surface area contributed by atoms with Gasteiger partial charge in [0.1, 0.15) is 22.8 Å². The molecule has 23 heavy (non-hydrogen) atoms. The predicted molar refractivity (Wildman–Crippen MR) is 87.9 cm³/mol. The third kappa shape index (κ3) is 3.35. The van der Waals surface area contributed by atoms with E-state index in [0.29, 0.717) is 18.8 Å². The highest BCUT2D eigenvalue weighted by Gasteiger charge is 2.27. The molecule has 0 bridgehead atoms.